The first-order valence-electron chi connectivity index (χ1n) is 6.18. The van der Waals surface area contributed by atoms with Gasteiger partial charge < -0.3 is 5.32 Å². The van der Waals surface area contributed by atoms with Crippen molar-refractivity contribution in [3.63, 3.8) is 0 Å². The molecule has 2 aromatic carbocycles. The van der Waals surface area contributed by atoms with Crippen molar-refractivity contribution >= 4 is 25.6 Å². The predicted molar refractivity (Wildman–Crippen MR) is 78.2 cm³/mol. The normalized spacial score (nSPS) is 10.3. The fraction of sp³-hybridized carbons (Fsp3) is 0.133. The van der Waals surface area contributed by atoms with Crippen molar-refractivity contribution in [3.8, 4) is 0 Å². The third-order valence-corrected chi connectivity index (χ3v) is 6.31. The van der Waals surface area contributed by atoms with Crippen molar-refractivity contribution < 1.29 is 4.79 Å². The minimum atomic E-state index is -1.20. The van der Waals surface area contributed by atoms with Crippen molar-refractivity contribution in [2.24, 2.45) is 0 Å². The maximum Gasteiger partial charge on any atom is 0.207 e. The van der Waals surface area contributed by atoms with E-state index in [0.29, 0.717) is 0 Å². The second-order valence-electron chi connectivity index (χ2n) is 4.23. The van der Waals surface area contributed by atoms with Crippen LogP contribution in [0.5, 0.6) is 0 Å². The smallest absolute Gasteiger partial charge is 0.207 e. The highest BCUT2D eigenvalue weighted by Crippen LogP contribution is 1.97. The zero-order valence-electron chi connectivity index (χ0n) is 10.3. The van der Waals surface area contributed by atoms with Gasteiger partial charge in [0.05, 0.1) is 0 Å². The van der Waals surface area contributed by atoms with Crippen LogP contribution in [0.25, 0.3) is 0 Å². The van der Waals surface area contributed by atoms with Crippen LogP contribution in [0.4, 0.5) is 0 Å². The van der Waals surface area contributed by atoms with Crippen molar-refractivity contribution in [2.45, 2.75) is 6.04 Å². The molecule has 0 atom stereocenters. The highest BCUT2D eigenvalue weighted by atomic mass is 28.3. The van der Waals surface area contributed by atoms with E-state index in [2.05, 4.69) is 53.8 Å². The lowest BCUT2D eigenvalue weighted by atomic mass is 10.4. The molecule has 0 heterocycles. The average Bonchev–Trinajstić information content (AvgIpc) is 2.46. The lowest BCUT2D eigenvalue weighted by Gasteiger charge is -2.16. The molecule has 2 nitrogen and oxygen atoms in total. The summed E-state index contributed by atoms with van der Waals surface area (Å²) in [6.07, 6.45) is 0.779. The first-order chi connectivity index (χ1) is 8.92. The molecule has 0 saturated carbocycles. The first-order valence-corrected chi connectivity index (χ1v) is 8.16. The van der Waals surface area contributed by atoms with Crippen LogP contribution in [-0.2, 0) is 4.79 Å². The van der Waals surface area contributed by atoms with Crippen LogP contribution in [0.3, 0.4) is 0 Å². The van der Waals surface area contributed by atoms with E-state index in [-0.39, 0.29) is 0 Å². The fourth-order valence-corrected chi connectivity index (χ4v) is 5.06. The lowest BCUT2D eigenvalue weighted by Crippen LogP contribution is -2.43. The van der Waals surface area contributed by atoms with Crippen LogP contribution in [0.15, 0.2) is 60.7 Å². The third-order valence-electron chi connectivity index (χ3n) is 3.06. The summed E-state index contributed by atoms with van der Waals surface area (Å²) in [7, 11) is -1.20. The Morgan fingerprint density at radius 1 is 0.889 bits per heavy atom. The van der Waals surface area contributed by atoms with Gasteiger partial charge in [0.25, 0.3) is 0 Å². The SMILES string of the molecule is O=CNCC[SiH](c1ccccc1)c1ccccc1. The Labute approximate surface area is 109 Å². The molecular formula is C15H17NOSi. The quantitative estimate of drug-likeness (QED) is 0.461. The van der Waals surface area contributed by atoms with E-state index in [1.165, 1.54) is 10.4 Å². The van der Waals surface area contributed by atoms with E-state index in [0.717, 1.165) is 19.0 Å². The second-order valence-corrected chi connectivity index (χ2v) is 7.25. The van der Waals surface area contributed by atoms with Gasteiger partial charge in [0.2, 0.25) is 6.41 Å². The molecule has 2 aromatic rings. The minimum Gasteiger partial charge on any atom is -0.359 e. The molecule has 0 radical (unpaired) electrons. The monoisotopic (exact) mass is 255 g/mol. The number of nitrogens with one attached hydrogen (secondary N) is 1. The molecule has 18 heavy (non-hydrogen) atoms. The summed E-state index contributed by atoms with van der Waals surface area (Å²) in [6.45, 7) is 0.754. The molecular weight excluding hydrogens is 238 g/mol. The summed E-state index contributed by atoms with van der Waals surface area (Å²) < 4.78 is 0. The largest absolute Gasteiger partial charge is 0.359 e. The van der Waals surface area contributed by atoms with Crippen LogP contribution in [0.1, 0.15) is 0 Å². The Hall–Kier alpha value is -1.87. The molecule has 0 aliphatic rings. The molecule has 92 valence electrons. The van der Waals surface area contributed by atoms with E-state index in [4.69, 9.17) is 0 Å². The average molecular weight is 255 g/mol. The Bertz CT molecular complexity index is 433. The number of rotatable bonds is 6. The zero-order chi connectivity index (χ0) is 12.6. The maximum absolute atomic E-state index is 10.4. The molecule has 0 unspecified atom stereocenters. The van der Waals surface area contributed by atoms with Gasteiger partial charge in [-0.2, -0.15) is 0 Å². The van der Waals surface area contributed by atoms with Crippen LogP contribution in [-0.4, -0.2) is 21.8 Å². The number of benzene rings is 2. The Morgan fingerprint density at radius 2 is 1.39 bits per heavy atom. The summed E-state index contributed by atoms with van der Waals surface area (Å²) in [4.78, 5) is 10.4. The number of amides is 1. The second kappa shape index (κ2) is 6.76. The van der Waals surface area contributed by atoms with Crippen LogP contribution < -0.4 is 15.7 Å². The molecule has 0 saturated heterocycles. The van der Waals surface area contributed by atoms with Gasteiger partial charge in [0.15, 0.2) is 0 Å². The molecule has 1 N–H and O–H groups in total. The van der Waals surface area contributed by atoms with Crippen molar-refractivity contribution in [3.05, 3.63) is 60.7 Å². The summed E-state index contributed by atoms with van der Waals surface area (Å²) in [5.74, 6) is 0. The number of carbonyl (C=O) groups excluding carboxylic acids is 1. The molecule has 0 aromatic heterocycles. The molecule has 0 aliphatic heterocycles. The topological polar surface area (TPSA) is 29.1 Å². The fourth-order valence-electron chi connectivity index (χ4n) is 2.18. The molecule has 2 rings (SSSR count). The third kappa shape index (κ3) is 3.31. The Balaban J connectivity index is 2.21. The van der Waals surface area contributed by atoms with Gasteiger partial charge in [0, 0.05) is 6.54 Å². The molecule has 0 fully saturated rings. The van der Waals surface area contributed by atoms with Gasteiger partial charge in [-0.15, -0.1) is 0 Å². The molecule has 0 spiro atoms. The molecule has 0 aliphatic carbocycles. The Kier molecular flexibility index (Phi) is 4.73. The standard InChI is InChI=1S/C15H17NOSi/c17-13-16-11-12-18(14-7-3-1-4-8-14)15-9-5-2-6-10-15/h1-10,13,18H,11-12H2,(H,16,17). The van der Waals surface area contributed by atoms with E-state index >= 15 is 0 Å². The van der Waals surface area contributed by atoms with Gasteiger partial charge in [-0.1, -0.05) is 71.0 Å². The van der Waals surface area contributed by atoms with Crippen molar-refractivity contribution in [2.75, 3.05) is 6.54 Å². The highest BCUT2D eigenvalue weighted by molar-refractivity contribution is 6.85. The number of hydrogen-bond donors (Lipinski definition) is 1. The van der Waals surface area contributed by atoms with Gasteiger partial charge in [0.1, 0.15) is 8.80 Å². The van der Waals surface area contributed by atoms with Crippen molar-refractivity contribution in [1.29, 1.82) is 0 Å². The summed E-state index contributed by atoms with van der Waals surface area (Å²) in [5, 5.41) is 5.63. The van der Waals surface area contributed by atoms with E-state index in [9.17, 15) is 4.79 Å². The van der Waals surface area contributed by atoms with E-state index < -0.39 is 8.80 Å². The lowest BCUT2D eigenvalue weighted by molar-refractivity contribution is -0.109. The first kappa shape index (κ1) is 12.6. The van der Waals surface area contributed by atoms with Crippen molar-refractivity contribution in [1.82, 2.24) is 5.32 Å². The van der Waals surface area contributed by atoms with Crippen LogP contribution in [0, 0.1) is 0 Å². The zero-order valence-corrected chi connectivity index (χ0v) is 11.4. The van der Waals surface area contributed by atoms with Gasteiger partial charge in [-0.25, -0.2) is 0 Å². The molecule has 3 heteroatoms. The Morgan fingerprint density at radius 3 is 1.83 bits per heavy atom. The number of hydrogen-bond acceptors (Lipinski definition) is 1. The summed E-state index contributed by atoms with van der Waals surface area (Å²) in [6, 6.07) is 22.3. The summed E-state index contributed by atoms with van der Waals surface area (Å²) in [5.41, 5.74) is 0. The summed E-state index contributed by atoms with van der Waals surface area (Å²) >= 11 is 0. The van der Waals surface area contributed by atoms with E-state index in [1.54, 1.807) is 0 Å². The van der Waals surface area contributed by atoms with Crippen LogP contribution >= 0.6 is 0 Å². The van der Waals surface area contributed by atoms with Gasteiger partial charge in [-0.05, 0) is 6.04 Å². The van der Waals surface area contributed by atoms with Gasteiger partial charge in [-0.3, -0.25) is 4.79 Å². The maximum atomic E-state index is 10.4. The van der Waals surface area contributed by atoms with E-state index in [1.807, 2.05) is 12.1 Å². The molecule has 1 amide bonds. The van der Waals surface area contributed by atoms with Gasteiger partial charge >= 0.3 is 0 Å². The highest BCUT2D eigenvalue weighted by Gasteiger charge is 2.14. The number of carbonyl (C=O) groups is 1. The minimum absolute atomic E-state index is 0.754. The predicted octanol–water partition coefficient (Wildman–Crippen LogP) is 0.774. The molecule has 0 bridgehead atoms. The van der Waals surface area contributed by atoms with Crippen LogP contribution in [0.2, 0.25) is 6.04 Å².